The Balaban J connectivity index is 1.95. The normalized spacial score (nSPS) is 18.0. The second kappa shape index (κ2) is 6.44. The van der Waals surface area contributed by atoms with Crippen molar-refractivity contribution < 1.29 is 16.8 Å². The zero-order valence-corrected chi connectivity index (χ0v) is 15.6. The van der Waals surface area contributed by atoms with Crippen LogP contribution in [0.15, 0.2) is 53.4 Å². The van der Waals surface area contributed by atoms with E-state index in [1.807, 2.05) is 6.92 Å². The van der Waals surface area contributed by atoms with Crippen LogP contribution in [0.2, 0.25) is 0 Å². The highest BCUT2D eigenvalue weighted by atomic mass is 32.2. The molecule has 2 aromatic rings. The second-order valence-corrected chi connectivity index (χ2v) is 9.79. The summed E-state index contributed by atoms with van der Waals surface area (Å²) in [5, 5.41) is 0. The smallest absolute Gasteiger partial charge is 0.241 e. The predicted molar refractivity (Wildman–Crippen MR) is 97.5 cm³/mol. The van der Waals surface area contributed by atoms with E-state index in [-0.39, 0.29) is 11.4 Å². The number of rotatable bonds is 4. The highest BCUT2D eigenvalue weighted by Crippen LogP contribution is 2.35. The van der Waals surface area contributed by atoms with Gasteiger partial charge in [0.25, 0.3) is 0 Å². The monoisotopic (exact) mass is 380 g/mol. The molecule has 0 bridgehead atoms. The molecule has 0 aromatic heterocycles. The van der Waals surface area contributed by atoms with Crippen LogP contribution in [0, 0.1) is 6.92 Å². The maximum Gasteiger partial charge on any atom is 0.241 e. The molecule has 0 fully saturated rings. The fourth-order valence-corrected chi connectivity index (χ4v) is 5.18. The van der Waals surface area contributed by atoms with E-state index in [2.05, 4.69) is 4.72 Å². The van der Waals surface area contributed by atoms with Crippen molar-refractivity contribution in [2.45, 2.75) is 24.3 Å². The Hall–Kier alpha value is -1.90. The van der Waals surface area contributed by atoms with Crippen molar-refractivity contribution in [1.82, 2.24) is 4.72 Å². The third kappa shape index (κ3) is 3.70. The maximum absolute atomic E-state index is 12.7. The van der Waals surface area contributed by atoms with E-state index in [4.69, 9.17) is 0 Å². The molecule has 0 aliphatic carbocycles. The van der Waals surface area contributed by atoms with Gasteiger partial charge in [0, 0.05) is 6.54 Å². The van der Waals surface area contributed by atoms with Crippen LogP contribution < -0.4 is 9.03 Å². The Kier molecular flexibility index (Phi) is 4.61. The van der Waals surface area contributed by atoms with Gasteiger partial charge in [0.15, 0.2) is 0 Å². The van der Waals surface area contributed by atoms with Crippen molar-refractivity contribution in [3.05, 3.63) is 59.7 Å². The first-order valence-electron chi connectivity index (χ1n) is 7.84. The summed E-state index contributed by atoms with van der Waals surface area (Å²) in [6.07, 6.45) is 1.52. The van der Waals surface area contributed by atoms with Crippen LogP contribution in [0.25, 0.3) is 0 Å². The van der Waals surface area contributed by atoms with Crippen LogP contribution in [0.3, 0.4) is 0 Å². The zero-order valence-electron chi connectivity index (χ0n) is 14.0. The molecular formula is C17H20N2O4S2. The lowest BCUT2D eigenvalue weighted by Crippen LogP contribution is -2.40. The largest absolute Gasteiger partial charge is 0.270 e. The molecule has 0 radical (unpaired) electrons. The van der Waals surface area contributed by atoms with E-state index in [9.17, 15) is 16.8 Å². The summed E-state index contributed by atoms with van der Waals surface area (Å²) in [6.45, 7) is 2.12. The molecule has 0 saturated heterocycles. The quantitative estimate of drug-likeness (QED) is 0.881. The minimum atomic E-state index is -3.69. The lowest BCUT2D eigenvalue weighted by atomic mass is 9.99. The average Bonchev–Trinajstić information content (AvgIpc) is 2.54. The number of sulfonamides is 2. The molecule has 25 heavy (non-hydrogen) atoms. The van der Waals surface area contributed by atoms with Gasteiger partial charge in [-0.2, -0.15) is 0 Å². The minimum absolute atomic E-state index is 0.195. The summed E-state index contributed by atoms with van der Waals surface area (Å²) in [6, 6.07) is 13.1. The van der Waals surface area contributed by atoms with Gasteiger partial charge < -0.3 is 0 Å². The standard InChI is InChI=1S/C17H20N2O4S2/c1-13-7-9-14(10-8-13)25(22,23)18-16-11-12-19(24(2,20)21)17-6-4-3-5-15(16)17/h3-10,16,18H,11-12H2,1-2H3. The minimum Gasteiger partial charge on any atom is -0.270 e. The van der Waals surface area contributed by atoms with Crippen molar-refractivity contribution >= 4 is 25.7 Å². The first-order valence-corrected chi connectivity index (χ1v) is 11.2. The molecule has 3 rings (SSSR count). The molecule has 2 aromatic carbocycles. The number of hydrogen-bond donors (Lipinski definition) is 1. The van der Waals surface area contributed by atoms with E-state index in [1.54, 1.807) is 48.5 Å². The molecule has 134 valence electrons. The van der Waals surface area contributed by atoms with Crippen LogP contribution in [0.5, 0.6) is 0 Å². The van der Waals surface area contributed by atoms with Crippen LogP contribution in [-0.4, -0.2) is 29.6 Å². The number of nitrogens with zero attached hydrogens (tertiary/aromatic N) is 1. The van der Waals surface area contributed by atoms with Crippen LogP contribution in [0.1, 0.15) is 23.6 Å². The SMILES string of the molecule is Cc1ccc(S(=O)(=O)NC2CCN(S(C)(=O)=O)c3ccccc32)cc1. The van der Waals surface area contributed by atoms with Crippen LogP contribution in [0.4, 0.5) is 5.69 Å². The van der Waals surface area contributed by atoms with E-state index in [0.29, 0.717) is 17.7 Å². The fourth-order valence-electron chi connectivity index (χ4n) is 2.97. The van der Waals surface area contributed by atoms with Crippen molar-refractivity contribution in [3.8, 4) is 0 Å². The van der Waals surface area contributed by atoms with Gasteiger partial charge >= 0.3 is 0 Å². The zero-order chi connectivity index (χ0) is 18.2. The first-order chi connectivity index (χ1) is 11.7. The second-order valence-electron chi connectivity index (χ2n) is 6.17. The van der Waals surface area contributed by atoms with Crippen molar-refractivity contribution in [2.75, 3.05) is 17.1 Å². The molecule has 0 saturated carbocycles. The molecule has 0 amide bonds. The molecule has 1 N–H and O–H groups in total. The van der Waals surface area contributed by atoms with Gasteiger partial charge in [-0.3, -0.25) is 4.31 Å². The molecule has 0 spiro atoms. The number of para-hydroxylation sites is 1. The molecule has 1 aliphatic rings. The van der Waals surface area contributed by atoms with Crippen molar-refractivity contribution in [2.24, 2.45) is 0 Å². The van der Waals surface area contributed by atoms with Crippen LogP contribution in [-0.2, 0) is 20.0 Å². The van der Waals surface area contributed by atoms with Crippen molar-refractivity contribution in [3.63, 3.8) is 0 Å². The number of anilines is 1. The Morgan fingerprint density at radius 3 is 2.28 bits per heavy atom. The number of aryl methyl sites for hydroxylation is 1. The molecule has 1 aliphatic heterocycles. The van der Waals surface area contributed by atoms with E-state index < -0.39 is 26.1 Å². The third-order valence-corrected chi connectivity index (χ3v) is 6.90. The number of nitrogens with one attached hydrogen (secondary N) is 1. The van der Waals surface area contributed by atoms with E-state index in [1.165, 1.54) is 4.31 Å². The first kappa shape index (κ1) is 17.9. The summed E-state index contributed by atoms with van der Waals surface area (Å²) < 4.78 is 53.3. The lowest BCUT2D eigenvalue weighted by Gasteiger charge is -2.34. The van der Waals surface area contributed by atoms with Gasteiger partial charge in [-0.05, 0) is 37.1 Å². The van der Waals surface area contributed by atoms with Crippen molar-refractivity contribution in [1.29, 1.82) is 0 Å². The third-order valence-electron chi connectivity index (χ3n) is 4.23. The fraction of sp³-hybridized carbons (Fsp3) is 0.294. The Morgan fingerprint density at radius 2 is 1.64 bits per heavy atom. The Morgan fingerprint density at radius 1 is 1.00 bits per heavy atom. The average molecular weight is 380 g/mol. The number of benzene rings is 2. The Labute approximate surface area is 148 Å². The summed E-state index contributed by atoms with van der Waals surface area (Å²) >= 11 is 0. The topological polar surface area (TPSA) is 83.6 Å². The summed E-state index contributed by atoms with van der Waals surface area (Å²) in [7, 11) is -7.10. The highest BCUT2D eigenvalue weighted by Gasteiger charge is 2.32. The molecular weight excluding hydrogens is 360 g/mol. The molecule has 1 heterocycles. The molecule has 8 heteroatoms. The Bertz CT molecular complexity index is 984. The van der Waals surface area contributed by atoms with Gasteiger partial charge in [-0.1, -0.05) is 35.9 Å². The van der Waals surface area contributed by atoms with Crippen LogP contribution >= 0.6 is 0 Å². The highest BCUT2D eigenvalue weighted by molar-refractivity contribution is 7.92. The number of hydrogen-bond acceptors (Lipinski definition) is 4. The summed E-state index contributed by atoms with van der Waals surface area (Å²) in [5.41, 5.74) is 2.16. The van der Waals surface area contributed by atoms with Gasteiger partial charge in [-0.25, -0.2) is 21.6 Å². The summed E-state index contributed by atoms with van der Waals surface area (Å²) in [5.74, 6) is 0. The molecule has 1 unspecified atom stereocenters. The van der Waals surface area contributed by atoms with Gasteiger partial charge in [0.2, 0.25) is 20.0 Å². The van der Waals surface area contributed by atoms with E-state index >= 15 is 0 Å². The summed E-state index contributed by atoms with van der Waals surface area (Å²) in [4.78, 5) is 0.195. The van der Waals surface area contributed by atoms with Gasteiger partial charge in [0.1, 0.15) is 0 Å². The van der Waals surface area contributed by atoms with E-state index in [0.717, 1.165) is 11.8 Å². The predicted octanol–water partition coefficient (Wildman–Crippen LogP) is 2.18. The van der Waals surface area contributed by atoms with Gasteiger partial charge in [0.05, 0.1) is 22.9 Å². The lowest BCUT2D eigenvalue weighted by molar-refractivity contribution is 0.530. The van der Waals surface area contributed by atoms with Gasteiger partial charge in [-0.15, -0.1) is 0 Å². The maximum atomic E-state index is 12.7. The molecule has 6 nitrogen and oxygen atoms in total. The molecule has 1 atom stereocenters. The number of fused-ring (bicyclic) bond motifs is 1.